The molecule has 0 spiro atoms. The van der Waals surface area contributed by atoms with Crippen LogP contribution < -0.4 is 4.74 Å². The molecule has 2 aromatic rings. The number of para-hydroxylation sites is 1. The Kier molecular flexibility index (Phi) is 3.59. The number of hydrogen-bond donors (Lipinski definition) is 0. The van der Waals surface area contributed by atoms with E-state index in [-0.39, 0.29) is 17.4 Å². The molecule has 0 saturated heterocycles. The molecule has 0 aromatic heterocycles. The Hall–Kier alpha value is -1.61. The number of halogens is 3. The highest BCUT2D eigenvalue weighted by molar-refractivity contribution is 6.31. The van der Waals surface area contributed by atoms with Gasteiger partial charge in [0.05, 0.1) is 5.02 Å². The summed E-state index contributed by atoms with van der Waals surface area (Å²) in [5.41, 5.74) is 0.608. The van der Waals surface area contributed by atoms with Gasteiger partial charge in [-0.1, -0.05) is 29.8 Å². The predicted molar refractivity (Wildman–Crippen MR) is 62.1 cm³/mol. The quantitative estimate of drug-likeness (QED) is 0.798. The highest BCUT2D eigenvalue weighted by atomic mass is 35.5. The van der Waals surface area contributed by atoms with E-state index in [1.807, 2.05) is 0 Å². The van der Waals surface area contributed by atoms with Gasteiger partial charge >= 0.3 is 0 Å². The number of hydrogen-bond acceptors (Lipinski definition) is 1. The highest BCUT2D eigenvalue weighted by Crippen LogP contribution is 2.21. The number of ether oxygens (including phenoxy) is 1. The predicted octanol–water partition coefficient (Wildman–Crippen LogP) is 4.20. The fourth-order valence-corrected chi connectivity index (χ4v) is 1.58. The third-order valence-electron chi connectivity index (χ3n) is 2.23. The SMILES string of the molecule is Fc1ccc(COc2ccccc2F)c(Cl)c1. The molecule has 0 saturated carbocycles. The van der Waals surface area contributed by atoms with E-state index in [1.165, 1.54) is 30.3 Å². The first kappa shape index (κ1) is 11.9. The van der Waals surface area contributed by atoms with E-state index in [9.17, 15) is 8.78 Å². The summed E-state index contributed by atoms with van der Waals surface area (Å²) in [6.07, 6.45) is 0. The van der Waals surface area contributed by atoms with Crippen LogP contribution in [-0.2, 0) is 6.61 Å². The van der Waals surface area contributed by atoms with Crippen molar-refractivity contribution >= 4 is 11.6 Å². The van der Waals surface area contributed by atoms with E-state index in [0.717, 1.165) is 0 Å². The van der Waals surface area contributed by atoms with Crippen LogP contribution in [-0.4, -0.2) is 0 Å². The first-order chi connectivity index (χ1) is 8.16. The zero-order valence-electron chi connectivity index (χ0n) is 8.79. The van der Waals surface area contributed by atoms with Crippen molar-refractivity contribution in [1.29, 1.82) is 0 Å². The van der Waals surface area contributed by atoms with Gasteiger partial charge in [-0.25, -0.2) is 8.78 Å². The summed E-state index contributed by atoms with van der Waals surface area (Å²) < 4.78 is 31.3. The standard InChI is InChI=1S/C13H9ClF2O/c14-11-7-10(15)6-5-9(11)8-17-13-4-2-1-3-12(13)16/h1-7H,8H2. The molecule has 0 aliphatic rings. The van der Waals surface area contributed by atoms with Crippen molar-refractivity contribution in [2.75, 3.05) is 0 Å². The summed E-state index contributed by atoms with van der Waals surface area (Å²) in [6, 6.07) is 10.1. The second-order valence-corrected chi connectivity index (χ2v) is 3.86. The van der Waals surface area contributed by atoms with Crippen LogP contribution in [0.15, 0.2) is 42.5 Å². The average Bonchev–Trinajstić information content (AvgIpc) is 2.30. The van der Waals surface area contributed by atoms with Gasteiger partial charge in [0.2, 0.25) is 0 Å². The van der Waals surface area contributed by atoms with Gasteiger partial charge in [-0.2, -0.15) is 0 Å². The molecule has 0 radical (unpaired) electrons. The van der Waals surface area contributed by atoms with Crippen molar-refractivity contribution in [3.63, 3.8) is 0 Å². The Morgan fingerprint density at radius 3 is 2.53 bits per heavy atom. The molecule has 0 atom stereocenters. The third kappa shape index (κ3) is 2.94. The van der Waals surface area contributed by atoms with Crippen molar-refractivity contribution < 1.29 is 13.5 Å². The lowest BCUT2D eigenvalue weighted by atomic mass is 10.2. The molecule has 2 rings (SSSR count). The van der Waals surface area contributed by atoms with Crippen LogP contribution in [0.25, 0.3) is 0 Å². The van der Waals surface area contributed by atoms with E-state index in [2.05, 4.69) is 0 Å². The largest absolute Gasteiger partial charge is 0.486 e. The van der Waals surface area contributed by atoms with Gasteiger partial charge in [-0.3, -0.25) is 0 Å². The topological polar surface area (TPSA) is 9.23 Å². The lowest BCUT2D eigenvalue weighted by Gasteiger charge is -2.08. The summed E-state index contributed by atoms with van der Waals surface area (Å²) in [7, 11) is 0. The fraction of sp³-hybridized carbons (Fsp3) is 0.0769. The van der Waals surface area contributed by atoms with Gasteiger partial charge in [0.15, 0.2) is 11.6 Å². The molecule has 1 nitrogen and oxygen atoms in total. The molecule has 0 aliphatic heterocycles. The molecule has 0 aliphatic carbocycles. The van der Waals surface area contributed by atoms with E-state index >= 15 is 0 Å². The summed E-state index contributed by atoms with van der Waals surface area (Å²) in [5, 5.41) is 0.265. The molecule has 0 unspecified atom stereocenters. The Morgan fingerprint density at radius 2 is 1.82 bits per heavy atom. The van der Waals surface area contributed by atoms with E-state index in [4.69, 9.17) is 16.3 Å². The van der Waals surface area contributed by atoms with Crippen molar-refractivity contribution in [3.05, 3.63) is 64.7 Å². The van der Waals surface area contributed by atoms with Gasteiger partial charge in [-0.15, -0.1) is 0 Å². The maximum absolute atomic E-state index is 13.2. The van der Waals surface area contributed by atoms with Crippen molar-refractivity contribution in [2.45, 2.75) is 6.61 Å². The smallest absolute Gasteiger partial charge is 0.165 e. The Labute approximate surface area is 103 Å². The molecule has 2 aromatic carbocycles. The van der Waals surface area contributed by atoms with Gasteiger partial charge in [0.25, 0.3) is 0 Å². The summed E-state index contributed by atoms with van der Waals surface area (Å²) in [4.78, 5) is 0. The second-order valence-electron chi connectivity index (χ2n) is 3.45. The van der Waals surface area contributed by atoms with E-state index in [0.29, 0.717) is 5.56 Å². The van der Waals surface area contributed by atoms with Gasteiger partial charge in [0, 0.05) is 5.56 Å². The highest BCUT2D eigenvalue weighted by Gasteiger charge is 2.05. The summed E-state index contributed by atoms with van der Waals surface area (Å²) in [5.74, 6) is -0.705. The van der Waals surface area contributed by atoms with Crippen molar-refractivity contribution in [3.8, 4) is 5.75 Å². The maximum Gasteiger partial charge on any atom is 0.165 e. The second kappa shape index (κ2) is 5.15. The molecule has 0 heterocycles. The van der Waals surface area contributed by atoms with Gasteiger partial charge < -0.3 is 4.74 Å². The molecule has 88 valence electrons. The fourth-order valence-electron chi connectivity index (χ4n) is 1.36. The molecule has 0 fully saturated rings. The van der Waals surface area contributed by atoms with Crippen LogP contribution in [0.4, 0.5) is 8.78 Å². The van der Waals surface area contributed by atoms with Crippen LogP contribution in [0.1, 0.15) is 5.56 Å². The molecular formula is C13H9ClF2O. The Bertz CT molecular complexity index is 529. The zero-order chi connectivity index (χ0) is 12.3. The number of rotatable bonds is 3. The molecule has 17 heavy (non-hydrogen) atoms. The average molecular weight is 255 g/mol. The van der Waals surface area contributed by atoms with Crippen molar-refractivity contribution in [2.24, 2.45) is 0 Å². The minimum Gasteiger partial charge on any atom is -0.486 e. The first-order valence-corrected chi connectivity index (χ1v) is 5.36. The molecule has 4 heteroatoms. The summed E-state index contributed by atoms with van der Waals surface area (Å²) in [6.45, 7) is 0.0973. The lowest BCUT2D eigenvalue weighted by Crippen LogP contribution is -1.98. The zero-order valence-corrected chi connectivity index (χ0v) is 9.55. The molecule has 0 N–H and O–H groups in total. The van der Waals surface area contributed by atoms with Crippen LogP contribution in [0, 0.1) is 11.6 Å². The maximum atomic E-state index is 13.2. The van der Waals surface area contributed by atoms with Crippen LogP contribution in [0.5, 0.6) is 5.75 Å². The van der Waals surface area contributed by atoms with Gasteiger partial charge in [0.1, 0.15) is 12.4 Å². The van der Waals surface area contributed by atoms with E-state index < -0.39 is 11.6 Å². The number of benzene rings is 2. The Balaban J connectivity index is 2.10. The summed E-state index contributed by atoms with van der Waals surface area (Å²) >= 11 is 5.82. The Morgan fingerprint density at radius 1 is 1.06 bits per heavy atom. The van der Waals surface area contributed by atoms with Crippen LogP contribution in [0.2, 0.25) is 5.02 Å². The normalized spacial score (nSPS) is 10.3. The lowest BCUT2D eigenvalue weighted by molar-refractivity contribution is 0.290. The third-order valence-corrected chi connectivity index (χ3v) is 2.59. The first-order valence-electron chi connectivity index (χ1n) is 4.98. The molecule has 0 amide bonds. The molecule has 0 bridgehead atoms. The molecular weight excluding hydrogens is 246 g/mol. The van der Waals surface area contributed by atoms with Crippen LogP contribution >= 0.6 is 11.6 Å². The minimum absolute atomic E-state index is 0.0973. The monoisotopic (exact) mass is 254 g/mol. The minimum atomic E-state index is -0.439. The van der Waals surface area contributed by atoms with Crippen molar-refractivity contribution in [1.82, 2.24) is 0 Å². The van der Waals surface area contributed by atoms with E-state index in [1.54, 1.807) is 12.1 Å². The van der Waals surface area contributed by atoms with Gasteiger partial charge in [-0.05, 0) is 24.3 Å². The van der Waals surface area contributed by atoms with Crippen LogP contribution in [0.3, 0.4) is 0 Å².